The van der Waals surface area contributed by atoms with E-state index in [9.17, 15) is 0 Å². The molecule has 0 aliphatic heterocycles. The Morgan fingerprint density at radius 1 is 0.286 bits per heavy atom. The van der Waals surface area contributed by atoms with Gasteiger partial charge in [0.15, 0.2) is 0 Å². The molecule has 0 amide bonds. The van der Waals surface area contributed by atoms with Gasteiger partial charge in [0, 0.05) is 0 Å². The monoisotopic (exact) mass is 230 g/mol. The van der Waals surface area contributed by atoms with E-state index in [1.807, 2.05) is 0 Å². The molecule has 0 saturated carbocycles. The molecule has 0 saturated heterocycles. The first kappa shape index (κ1) is 1040. The van der Waals surface area contributed by atoms with Crippen LogP contribution < -0.4 is 0 Å². The summed E-state index contributed by atoms with van der Waals surface area (Å²) in [6.07, 6.45) is 0. The van der Waals surface area contributed by atoms with Crippen LogP contribution in [0, 0.1) is 0 Å². The molecular formula is H14O6Sn. The van der Waals surface area contributed by atoms with Crippen molar-refractivity contribution in [2.45, 2.75) is 0 Å². The van der Waals surface area contributed by atoms with Gasteiger partial charge in [-0.3, -0.25) is 0 Å². The van der Waals surface area contributed by atoms with Gasteiger partial charge in [-0.2, -0.15) is 0 Å². The quantitative estimate of drug-likeness (QED) is 0.357. The summed E-state index contributed by atoms with van der Waals surface area (Å²) < 4.78 is 0. The normalized spacial score (nSPS) is 0. The van der Waals surface area contributed by atoms with Gasteiger partial charge in [-0.05, 0) is 0 Å². The zero-order chi connectivity index (χ0) is 0. The molecule has 0 bridgehead atoms. The molecule has 12 N–H and O–H groups in total. The summed E-state index contributed by atoms with van der Waals surface area (Å²) >= 11 is 0. The summed E-state index contributed by atoms with van der Waals surface area (Å²) in [5.41, 5.74) is 0. The standard InChI is InChI=1S/6H2O.Sn.2H/h6*1H2;;;. The molecular weight excluding hydrogens is 215 g/mol. The molecule has 7 heteroatoms. The first-order chi connectivity index (χ1) is 0. The molecule has 0 aliphatic rings. The zero-order valence-electron chi connectivity index (χ0n) is 3.71. The van der Waals surface area contributed by atoms with Gasteiger partial charge < -0.3 is 32.9 Å². The Balaban J connectivity index is 0. The van der Waals surface area contributed by atoms with Crippen LogP contribution in [0.5, 0.6) is 0 Å². The fourth-order valence-corrected chi connectivity index (χ4v) is 0. The maximum atomic E-state index is 0. The number of hydrogen-bond donors (Lipinski definition) is 0. The molecule has 0 heterocycles. The Morgan fingerprint density at radius 2 is 0.286 bits per heavy atom. The third kappa shape index (κ3) is 437. The molecule has 0 aromatic rings. The van der Waals surface area contributed by atoms with Crippen molar-refractivity contribution in [2.75, 3.05) is 0 Å². The van der Waals surface area contributed by atoms with Crippen molar-refractivity contribution >= 4 is 23.9 Å². The molecule has 0 rings (SSSR count). The fraction of sp³-hybridized carbons (Fsp3) is 0. The van der Waals surface area contributed by atoms with Gasteiger partial charge in [-0.1, -0.05) is 0 Å². The summed E-state index contributed by atoms with van der Waals surface area (Å²) in [6, 6.07) is 0. The van der Waals surface area contributed by atoms with Crippen molar-refractivity contribution in [1.82, 2.24) is 0 Å². The Bertz CT molecular complexity index is 4.14. The van der Waals surface area contributed by atoms with Crippen LogP contribution in [-0.4, -0.2) is 56.8 Å². The van der Waals surface area contributed by atoms with Crippen LogP contribution in [0.2, 0.25) is 0 Å². The number of rotatable bonds is 0. The third-order valence-corrected chi connectivity index (χ3v) is 0. The second-order valence-corrected chi connectivity index (χ2v) is 0. The average Bonchev–Trinajstić information content (AvgIpc) is 0. The molecule has 6 nitrogen and oxygen atoms in total. The van der Waals surface area contributed by atoms with Crippen molar-refractivity contribution in [1.29, 1.82) is 0 Å². The van der Waals surface area contributed by atoms with Crippen LogP contribution in [-0.2, 0) is 0 Å². The Hall–Kier alpha value is 0.559. The van der Waals surface area contributed by atoms with Gasteiger partial charge in [-0.25, -0.2) is 0 Å². The zero-order valence-corrected chi connectivity index (χ0v) is 7.74. The van der Waals surface area contributed by atoms with Gasteiger partial charge in [0.1, 0.15) is 0 Å². The molecule has 0 atom stereocenters. The molecule has 54 valence electrons. The van der Waals surface area contributed by atoms with Gasteiger partial charge in [0.2, 0.25) is 0 Å². The average molecular weight is 229 g/mol. The van der Waals surface area contributed by atoms with E-state index in [1.165, 1.54) is 0 Å². The van der Waals surface area contributed by atoms with Crippen molar-refractivity contribution in [2.24, 2.45) is 0 Å². The summed E-state index contributed by atoms with van der Waals surface area (Å²) in [5.74, 6) is 0. The van der Waals surface area contributed by atoms with Crippen LogP contribution in [0.4, 0.5) is 0 Å². The first-order valence-electron chi connectivity index (χ1n) is 0. The SMILES string of the molecule is O.O.O.O.O.O.[SnH2]. The maximum absolute atomic E-state index is 0. The van der Waals surface area contributed by atoms with Crippen LogP contribution >= 0.6 is 0 Å². The molecule has 0 spiro atoms. The second-order valence-electron chi connectivity index (χ2n) is 0. The summed E-state index contributed by atoms with van der Waals surface area (Å²) in [4.78, 5) is 0. The minimum atomic E-state index is 0. The van der Waals surface area contributed by atoms with E-state index in [2.05, 4.69) is 0 Å². The summed E-state index contributed by atoms with van der Waals surface area (Å²) in [6.45, 7) is 0. The van der Waals surface area contributed by atoms with E-state index in [0.29, 0.717) is 0 Å². The molecule has 0 aliphatic carbocycles. The van der Waals surface area contributed by atoms with Crippen LogP contribution in [0.1, 0.15) is 0 Å². The third-order valence-electron chi connectivity index (χ3n) is 0. The topological polar surface area (TPSA) is 189 Å². The van der Waals surface area contributed by atoms with Gasteiger partial charge in [-0.15, -0.1) is 0 Å². The second kappa shape index (κ2) is 649. The van der Waals surface area contributed by atoms with Crippen molar-refractivity contribution in [3.63, 3.8) is 0 Å². The molecule has 2 radical (unpaired) electrons. The van der Waals surface area contributed by atoms with Gasteiger partial charge in [0.05, 0.1) is 0 Å². The van der Waals surface area contributed by atoms with E-state index in [0.717, 1.165) is 0 Å². The summed E-state index contributed by atoms with van der Waals surface area (Å²) in [5, 5.41) is 0. The van der Waals surface area contributed by atoms with E-state index in [4.69, 9.17) is 0 Å². The molecule has 0 aromatic heterocycles. The predicted molar refractivity (Wildman–Crippen MR) is 30.2 cm³/mol. The Kier molecular flexibility index (Phi) is 96600. The van der Waals surface area contributed by atoms with Crippen LogP contribution in [0.15, 0.2) is 0 Å². The Morgan fingerprint density at radius 3 is 0.286 bits per heavy atom. The number of hydrogen-bond acceptors (Lipinski definition) is 0. The summed E-state index contributed by atoms with van der Waals surface area (Å²) in [7, 11) is 0. The van der Waals surface area contributed by atoms with Crippen LogP contribution in [0.25, 0.3) is 0 Å². The molecule has 0 aromatic carbocycles. The van der Waals surface area contributed by atoms with E-state index in [-0.39, 0.29) is 56.8 Å². The minimum absolute atomic E-state index is 0. The van der Waals surface area contributed by atoms with Crippen molar-refractivity contribution < 1.29 is 32.9 Å². The van der Waals surface area contributed by atoms with Gasteiger partial charge in [0.25, 0.3) is 0 Å². The van der Waals surface area contributed by atoms with Crippen molar-refractivity contribution in [3.8, 4) is 0 Å². The van der Waals surface area contributed by atoms with Gasteiger partial charge >= 0.3 is 23.9 Å². The predicted octanol–water partition coefficient (Wildman–Crippen LogP) is -5.86. The first-order valence-corrected chi connectivity index (χ1v) is 0. The van der Waals surface area contributed by atoms with E-state index >= 15 is 0 Å². The van der Waals surface area contributed by atoms with Crippen molar-refractivity contribution in [3.05, 3.63) is 0 Å². The molecule has 0 fully saturated rings. The molecule has 0 unspecified atom stereocenters. The fourth-order valence-electron chi connectivity index (χ4n) is 0. The molecule has 7 heavy (non-hydrogen) atoms. The van der Waals surface area contributed by atoms with E-state index < -0.39 is 0 Å². The Labute approximate surface area is 57.3 Å². The van der Waals surface area contributed by atoms with E-state index in [1.54, 1.807) is 0 Å². The van der Waals surface area contributed by atoms with Crippen LogP contribution in [0.3, 0.4) is 0 Å².